The largest absolute Gasteiger partial charge is 0.479 e. The minimum atomic E-state index is -1.38. The number of amides is 1. The number of nitrogens with zero attached hydrogens (tertiary/aromatic N) is 1. The lowest BCUT2D eigenvalue weighted by atomic mass is 9.91. The molecule has 152 valence electrons. The second-order valence-corrected chi connectivity index (χ2v) is 7.64. The summed E-state index contributed by atoms with van der Waals surface area (Å²) in [7, 11) is 1.40. The minimum Gasteiger partial charge on any atom is -0.479 e. The normalized spacial score (nSPS) is 12.6. The summed E-state index contributed by atoms with van der Waals surface area (Å²) in [4.78, 5) is 17.0. The van der Waals surface area contributed by atoms with Gasteiger partial charge < -0.3 is 15.2 Å². The van der Waals surface area contributed by atoms with Gasteiger partial charge in [0.05, 0.1) is 7.11 Å². The number of aliphatic hydroxyl groups is 1. The predicted molar refractivity (Wildman–Crippen MR) is 103 cm³/mol. The molecule has 2 aromatic rings. The average Bonchev–Trinajstić information content (AvgIpc) is 2.59. The maximum Gasteiger partial charge on any atom is 0.238 e. The highest BCUT2D eigenvalue weighted by Crippen LogP contribution is 2.39. The van der Waals surface area contributed by atoms with Gasteiger partial charge in [-0.2, -0.15) is 0 Å². The summed E-state index contributed by atoms with van der Waals surface area (Å²) in [6.07, 6.45) is -0.892. The van der Waals surface area contributed by atoms with Crippen molar-refractivity contribution in [2.45, 2.75) is 47.1 Å². The summed E-state index contributed by atoms with van der Waals surface area (Å²) >= 11 is 0. The van der Waals surface area contributed by atoms with Gasteiger partial charge in [-0.05, 0) is 36.6 Å². The molecule has 1 aromatic heterocycles. The smallest absolute Gasteiger partial charge is 0.238 e. The molecule has 0 spiro atoms. The number of nitrogens with one attached hydrogen (secondary N) is 1. The Bertz CT molecular complexity index is 872. The van der Waals surface area contributed by atoms with Crippen molar-refractivity contribution in [3.63, 3.8) is 0 Å². The maximum absolute atomic E-state index is 13.7. The minimum absolute atomic E-state index is 0.0334. The Labute approximate surface area is 163 Å². The molecule has 0 aliphatic heterocycles. The molecule has 7 heteroatoms. The van der Waals surface area contributed by atoms with Crippen molar-refractivity contribution in [3.05, 3.63) is 52.2 Å². The molecule has 1 unspecified atom stereocenters. The number of anilines is 1. The first kappa shape index (κ1) is 21.8. The van der Waals surface area contributed by atoms with Crippen LogP contribution in [0.5, 0.6) is 5.88 Å². The third-order valence-electron chi connectivity index (χ3n) is 4.45. The zero-order chi connectivity index (χ0) is 21.2. The third-order valence-corrected chi connectivity index (χ3v) is 4.45. The number of hydrogen-bond acceptors (Lipinski definition) is 4. The number of pyridine rings is 1. The fourth-order valence-electron chi connectivity index (χ4n) is 2.95. The van der Waals surface area contributed by atoms with Crippen LogP contribution in [0, 0.1) is 24.0 Å². The van der Waals surface area contributed by atoms with Crippen LogP contribution in [-0.4, -0.2) is 23.1 Å². The fraction of sp³-hybridized carbons (Fsp3) is 0.429. The van der Waals surface area contributed by atoms with Crippen LogP contribution in [-0.2, 0) is 11.2 Å². The second kappa shape index (κ2) is 8.22. The topological polar surface area (TPSA) is 71.5 Å². The van der Waals surface area contributed by atoms with Gasteiger partial charge in [-0.25, -0.2) is 13.8 Å². The number of aryl methyl sites for hydroxylation is 1. The van der Waals surface area contributed by atoms with Crippen molar-refractivity contribution in [1.82, 2.24) is 4.98 Å². The highest BCUT2D eigenvalue weighted by Gasteiger charge is 2.29. The highest BCUT2D eigenvalue weighted by atomic mass is 19.1. The van der Waals surface area contributed by atoms with E-state index >= 15 is 0 Å². The first-order valence-electron chi connectivity index (χ1n) is 9.02. The van der Waals surface area contributed by atoms with Crippen LogP contribution in [0.4, 0.5) is 14.5 Å². The summed E-state index contributed by atoms with van der Waals surface area (Å²) < 4.78 is 32.8. The van der Waals surface area contributed by atoms with E-state index in [0.29, 0.717) is 23.2 Å². The number of aromatic nitrogens is 1. The Morgan fingerprint density at radius 3 is 2.29 bits per heavy atom. The molecule has 0 bridgehead atoms. The molecule has 0 aliphatic rings. The maximum atomic E-state index is 13.7. The number of carbonyl (C=O) groups excluding carboxylic acids is 1. The molecule has 2 rings (SSSR count). The summed E-state index contributed by atoms with van der Waals surface area (Å²) in [6.45, 7) is 8.85. The van der Waals surface area contributed by atoms with Crippen LogP contribution in [0.3, 0.4) is 0 Å². The Morgan fingerprint density at radius 2 is 1.82 bits per heavy atom. The molecule has 0 aliphatic carbocycles. The quantitative estimate of drug-likeness (QED) is 0.796. The summed E-state index contributed by atoms with van der Waals surface area (Å²) in [5, 5.41) is 13.8. The van der Waals surface area contributed by atoms with E-state index in [1.165, 1.54) is 7.11 Å². The van der Waals surface area contributed by atoms with Gasteiger partial charge in [0.1, 0.15) is 23.4 Å². The van der Waals surface area contributed by atoms with Crippen LogP contribution >= 0.6 is 0 Å². The van der Waals surface area contributed by atoms with Gasteiger partial charge in [-0.15, -0.1) is 0 Å². The molecule has 0 saturated carbocycles. The molecular weight excluding hydrogens is 366 g/mol. The van der Waals surface area contributed by atoms with Crippen LogP contribution in [0.25, 0.3) is 0 Å². The highest BCUT2D eigenvalue weighted by molar-refractivity contribution is 5.96. The van der Waals surface area contributed by atoms with E-state index in [-0.39, 0.29) is 23.0 Å². The van der Waals surface area contributed by atoms with Crippen molar-refractivity contribution in [1.29, 1.82) is 0 Å². The first-order valence-corrected chi connectivity index (χ1v) is 9.02. The van der Waals surface area contributed by atoms with E-state index < -0.39 is 23.2 Å². The van der Waals surface area contributed by atoms with E-state index in [2.05, 4.69) is 10.3 Å². The summed E-state index contributed by atoms with van der Waals surface area (Å²) in [6, 6.07) is 2.85. The zero-order valence-electron chi connectivity index (χ0n) is 17.0. The zero-order valence-corrected chi connectivity index (χ0v) is 17.0. The van der Waals surface area contributed by atoms with Crippen molar-refractivity contribution < 1.29 is 23.4 Å². The molecule has 2 N–H and O–H groups in total. The van der Waals surface area contributed by atoms with Crippen molar-refractivity contribution in [2.24, 2.45) is 5.41 Å². The molecule has 0 radical (unpaired) electrons. The molecule has 28 heavy (non-hydrogen) atoms. The predicted octanol–water partition coefficient (Wildman–Crippen LogP) is 4.31. The van der Waals surface area contributed by atoms with Crippen LogP contribution in [0.2, 0.25) is 0 Å². The summed E-state index contributed by atoms with van der Waals surface area (Å²) in [5.41, 5.74) is 1.10. The Morgan fingerprint density at radius 1 is 1.25 bits per heavy atom. The Balaban J connectivity index is 2.74. The van der Waals surface area contributed by atoms with Gasteiger partial charge in [0.25, 0.3) is 0 Å². The van der Waals surface area contributed by atoms with Gasteiger partial charge in [0.15, 0.2) is 0 Å². The average molecular weight is 392 g/mol. The molecule has 1 amide bonds. The van der Waals surface area contributed by atoms with E-state index in [9.17, 15) is 18.7 Å². The molecule has 1 aromatic carbocycles. The van der Waals surface area contributed by atoms with Gasteiger partial charge in [-0.3, -0.25) is 4.79 Å². The lowest BCUT2D eigenvalue weighted by Gasteiger charge is -2.25. The number of carbonyl (C=O) groups is 1. The first-order chi connectivity index (χ1) is 13.0. The van der Waals surface area contributed by atoms with Gasteiger partial charge >= 0.3 is 0 Å². The lowest BCUT2D eigenvalue weighted by Crippen LogP contribution is -2.29. The van der Waals surface area contributed by atoms with Crippen molar-refractivity contribution in [3.8, 4) is 5.88 Å². The van der Waals surface area contributed by atoms with Crippen molar-refractivity contribution in [2.75, 3.05) is 12.4 Å². The summed E-state index contributed by atoms with van der Waals surface area (Å²) in [5.74, 6) is -1.79. The fourth-order valence-corrected chi connectivity index (χ4v) is 2.95. The molecule has 1 heterocycles. The number of hydrogen-bond donors (Lipinski definition) is 2. The van der Waals surface area contributed by atoms with Gasteiger partial charge in [0, 0.05) is 22.7 Å². The number of ether oxygens (including phenoxy) is 1. The molecular formula is C21H26F2N2O3. The van der Waals surface area contributed by atoms with E-state index in [1.54, 1.807) is 27.7 Å². The van der Waals surface area contributed by atoms with Crippen LogP contribution < -0.4 is 10.1 Å². The number of halogens is 2. The lowest BCUT2D eigenvalue weighted by molar-refractivity contribution is -0.123. The van der Waals surface area contributed by atoms with Gasteiger partial charge in [0.2, 0.25) is 11.8 Å². The van der Waals surface area contributed by atoms with E-state index in [4.69, 9.17) is 4.74 Å². The Kier molecular flexibility index (Phi) is 6.39. The molecule has 0 fully saturated rings. The molecule has 0 saturated heterocycles. The van der Waals surface area contributed by atoms with Gasteiger partial charge in [-0.1, -0.05) is 27.7 Å². The van der Waals surface area contributed by atoms with Crippen molar-refractivity contribution >= 4 is 11.6 Å². The number of aliphatic hydroxyl groups excluding tert-OH is 1. The van der Waals surface area contributed by atoms with Crippen LogP contribution in [0.1, 0.15) is 56.2 Å². The van der Waals surface area contributed by atoms with E-state index in [1.807, 2.05) is 6.92 Å². The van der Waals surface area contributed by atoms with E-state index in [0.717, 1.165) is 18.2 Å². The standard InChI is InChI=1S/C21H26F2N2O3/c1-7-15-11(2)24-19(28-6)17(25-20(27)21(3,4)5)16(15)18(26)12-8-13(22)10-14(23)9-12/h8-10,18,26H,7H2,1-6H3,(H,25,27). The monoisotopic (exact) mass is 392 g/mol. The Hall–Kier alpha value is -2.54. The number of methoxy groups -OCH3 is 1. The van der Waals surface area contributed by atoms with Crippen LogP contribution in [0.15, 0.2) is 18.2 Å². The number of rotatable bonds is 5. The third kappa shape index (κ3) is 4.47. The molecule has 1 atom stereocenters. The number of benzene rings is 1. The SMILES string of the molecule is CCc1c(C)nc(OC)c(NC(=O)C(C)(C)C)c1C(O)c1cc(F)cc(F)c1. The second-order valence-electron chi connectivity index (χ2n) is 7.64. The molecule has 5 nitrogen and oxygen atoms in total.